The molecule has 8 heteroatoms. The van der Waals surface area contributed by atoms with Gasteiger partial charge in [0.05, 0.1) is 0 Å². The van der Waals surface area contributed by atoms with Crippen LogP contribution in [0, 0.1) is 8.99 Å². The quantitative estimate of drug-likeness (QED) is 0.242. The van der Waals surface area contributed by atoms with Crippen molar-refractivity contribution < 1.29 is 24.5 Å². The van der Waals surface area contributed by atoms with Crippen LogP contribution >= 0.6 is 38.5 Å². The third-order valence-corrected chi connectivity index (χ3v) is 5.71. The van der Waals surface area contributed by atoms with Crippen LogP contribution in [0.3, 0.4) is 0 Å². The van der Waals surface area contributed by atoms with Gasteiger partial charge in [0, 0.05) is 30.8 Å². The summed E-state index contributed by atoms with van der Waals surface area (Å²) in [5.41, 5.74) is 0.498. The Labute approximate surface area is 197 Å². The zero-order valence-electron chi connectivity index (χ0n) is 16.6. The average molecular weight is 588 g/mol. The first kappa shape index (κ1) is 24.2. The molecule has 0 saturated carbocycles. The highest BCUT2D eigenvalue weighted by atomic mass is 127. The summed E-state index contributed by atoms with van der Waals surface area (Å²) < 4.78 is 7.56. The molecule has 160 valence electrons. The van der Waals surface area contributed by atoms with Gasteiger partial charge in [-0.15, -0.1) is 0 Å². The van der Waals surface area contributed by atoms with Gasteiger partial charge in [-0.3, -0.25) is 5.32 Å². The highest BCUT2D eigenvalue weighted by molar-refractivity contribution is 14.1. The first-order valence-electron chi connectivity index (χ1n) is 9.19. The number of amides is 1. The molecule has 0 unspecified atom stereocenters. The van der Waals surface area contributed by atoms with Crippen LogP contribution in [0.25, 0.3) is 0 Å². The number of aromatic hydroxyl groups is 1. The van der Waals surface area contributed by atoms with Crippen molar-refractivity contribution in [1.82, 2.24) is 0 Å². The number of hydrogen-bond acceptors (Lipinski definition) is 4. The number of aliphatic carboxylic acids is 1. The molecule has 1 atom stereocenters. The zero-order valence-corrected chi connectivity index (χ0v) is 20.3. The number of halogens is 2. The second kappa shape index (κ2) is 10.8. The number of ether oxygens (including phenoxy) is 1. The van der Waals surface area contributed by atoms with Gasteiger partial charge in [0.15, 0.2) is 0 Å². The van der Waals surface area contributed by atoms with Crippen molar-refractivity contribution in [1.29, 1.82) is 0 Å². The van der Waals surface area contributed by atoms with Gasteiger partial charge in [0.1, 0.15) is 11.9 Å². The molecule has 0 aliphatic carbocycles. The third-order valence-electron chi connectivity index (χ3n) is 4.51. The van der Waals surface area contributed by atoms with E-state index in [1.165, 1.54) is 0 Å². The number of allylic oxidation sites excluding steroid dienone is 1. The molecule has 1 amide bonds. The van der Waals surface area contributed by atoms with E-state index in [2.05, 4.69) is 43.8 Å². The number of carbonyl (C=O) groups is 2. The second-order valence-electron chi connectivity index (χ2n) is 7.39. The minimum absolute atomic E-state index is 0.0333. The van der Waals surface area contributed by atoms with E-state index >= 15 is 0 Å². The molecular weight excluding hydrogens is 565 g/mol. The number of rotatable bonds is 8. The predicted octanol–water partition coefficient (Wildman–Crippen LogP) is 6.50. The number of phenols is 1. The van der Waals surface area contributed by atoms with E-state index in [9.17, 15) is 14.7 Å². The van der Waals surface area contributed by atoms with Crippen LogP contribution in [0.1, 0.15) is 38.4 Å². The molecule has 0 bridgehead atoms. The molecule has 0 heterocycles. The summed E-state index contributed by atoms with van der Waals surface area (Å²) in [5, 5.41) is 21.9. The maximum Gasteiger partial charge on any atom is 0.412 e. The number of carboxylic acid groups (broad SMARTS) is 1. The fraction of sp³-hybridized carbons (Fsp3) is 0.273. The Morgan fingerprint density at radius 1 is 1.23 bits per heavy atom. The van der Waals surface area contributed by atoms with Crippen molar-refractivity contribution in [2.24, 2.45) is 5.41 Å². The molecule has 0 aliphatic rings. The summed E-state index contributed by atoms with van der Waals surface area (Å²) in [7, 11) is 0. The summed E-state index contributed by atoms with van der Waals surface area (Å²) in [5.74, 6) is -0.976. The predicted molar refractivity (Wildman–Crippen MR) is 128 cm³/mol. The molecule has 0 radical (unpaired) electrons. The lowest BCUT2D eigenvalue weighted by atomic mass is 9.78. The molecule has 3 N–H and O–H groups in total. The Hall–Kier alpha value is -2.07. The Kier molecular flexibility index (Phi) is 8.72. The van der Waals surface area contributed by atoms with Gasteiger partial charge in [-0.2, -0.15) is 0 Å². The molecule has 0 fully saturated rings. The van der Waals surface area contributed by atoms with Gasteiger partial charge in [0.25, 0.3) is 0 Å². The van der Waals surface area contributed by atoms with Crippen molar-refractivity contribution in [3.8, 4) is 5.75 Å². The smallest absolute Gasteiger partial charge is 0.412 e. The number of hydrogen-bond donors (Lipinski definition) is 3. The molecule has 0 saturated heterocycles. The third kappa shape index (κ3) is 7.32. The molecular formula is C22H23BrINO5. The zero-order chi connectivity index (χ0) is 22.3. The van der Waals surface area contributed by atoms with E-state index in [0.29, 0.717) is 24.1 Å². The van der Waals surface area contributed by atoms with Crippen LogP contribution in [-0.4, -0.2) is 22.3 Å². The van der Waals surface area contributed by atoms with Crippen molar-refractivity contribution in [3.05, 3.63) is 68.2 Å². The van der Waals surface area contributed by atoms with E-state index in [1.54, 1.807) is 48.5 Å². The Balaban J connectivity index is 2.26. The lowest BCUT2D eigenvalue weighted by molar-refractivity contribution is -0.131. The number of nitrogens with one attached hydrogen (secondary N) is 1. The maximum absolute atomic E-state index is 12.6. The molecule has 0 aliphatic heterocycles. The lowest BCUT2D eigenvalue weighted by Crippen LogP contribution is -2.29. The van der Waals surface area contributed by atoms with Crippen LogP contribution in [0.15, 0.2) is 59.1 Å². The average Bonchev–Trinajstić information content (AvgIpc) is 2.67. The molecule has 6 nitrogen and oxygen atoms in total. The monoisotopic (exact) mass is 587 g/mol. The first-order valence-corrected chi connectivity index (χ1v) is 11.1. The SMILES string of the molecule is CC(C)(CC/C=C/C(=O)O)[C@H](OC(=O)Nc1ccc(Br)cc1)c1cc(I)ccc1O. The summed E-state index contributed by atoms with van der Waals surface area (Å²) in [6, 6.07) is 12.2. The Bertz CT molecular complexity index is 928. The minimum atomic E-state index is -1.01. The van der Waals surface area contributed by atoms with Crippen LogP contribution in [0.4, 0.5) is 10.5 Å². The maximum atomic E-state index is 12.6. The fourth-order valence-corrected chi connectivity index (χ4v) is 3.72. The number of phenolic OH excluding ortho intramolecular Hbond substituents is 1. The summed E-state index contributed by atoms with van der Waals surface area (Å²) in [6.45, 7) is 3.83. The molecule has 2 aromatic carbocycles. The van der Waals surface area contributed by atoms with Crippen molar-refractivity contribution in [2.45, 2.75) is 32.8 Å². The number of carboxylic acids is 1. The van der Waals surface area contributed by atoms with Crippen LogP contribution in [0.5, 0.6) is 5.75 Å². The molecule has 0 aromatic heterocycles. The molecule has 2 aromatic rings. The van der Waals surface area contributed by atoms with Gasteiger partial charge in [-0.1, -0.05) is 35.9 Å². The van der Waals surface area contributed by atoms with Crippen molar-refractivity contribution >= 4 is 56.3 Å². The highest BCUT2D eigenvalue weighted by Crippen LogP contribution is 2.44. The normalized spacial score (nSPS) is 12.5. The van der Waals surface area contributed by atoms with Gasteiger partial charge < -0.3 is 14.9 Å². The number of carbonyl (C=O) groups excluding carboxylic acids is 1. The van der Waals surface area contributed by atoms with Crippen LogP contribution in [0.2, 0.25) is 0 Å². The highest BCUT2D eigenvalue weighted by Gasteiger charge is 2.35. The van der Waals surface area contributed by atoms with Gasteiger partial charge in [-0.05, 0) is 77.9 Å². The van der Waals surface area contributed by atoms with E-state index in [-0.39, 0.29) is 5.75 Å². The standard InChI is InChI=1S/C22H23BrINO5/c1-22(2,12-4-3-5-19(27)28)20(17-13-15(24)8-11-18(17)26)30-21(29)25-16-9-6-14(23)7-10-16/h3,5-11,13,20,26H,4,12H2,1-2H3,(H,25,29)(H,27,28)/b5-3+/t20-/m1/s1. The van der Waals surface area contributed by atoms with Crippen molar-refractivity contribution in [3.63, 3.8) is 0 Å². The van der Waals surface area contributed by atoms with E-state index < -0.39 is 23.6 Å². The van der Waals surface area contributed by atoms with Gasteiger partial charge >= 0.3 is 12.1 Å². The van der Waals surface area contributed by atoms with Gasteiger partial charge in [0.2, 0.25) is 0 Å². The second-order valence-corrected chi connectivity index (χ2v) is 9.55. The van der Waals surface area contributed by atoms with E-state index in [0.717, 1.165) is 14.1 Å². The molecule has 2 rings (SSSR count). The van der Waals surface area contributed by atoms with Crippen LogP contribution < -0.4 is 5.32 Å². The first-order chi connectivity index (χ1) is 14.1. The molecule has 30 heavy (non-hydrogen) atoms. The van der Waals surface area contributed by atoms with E-state index in [4.69, 9.17) is 9.84 Å². The largest absolute Gasteiger partial charge is 0.508 e. The summed E-state index contributed by atoms with van der Waals surface area (Å²) in [6.07, 6.45) is 2.29. The topological polar surface area (TPSA) is 95.9 Å². The lowest BCUT2D eigenvalue weighted by Gasteiger charge is -2.34. The fourth-order valence-electron chi connectivity index (χ4n) is 2.94. The van der Waals surface area contributed by atoms with E-state index in [1.807, 2.05) is 13.8 Å². The molecule has 0 spiro atoms. The Morgan fingerprint density at radius 3 is 2.53 bits per heavy atom. The van der Waals surface area contributed by atoms with Crippen LogP contribution in [-0.2, 0) is 9.53 Å². The van der Waals surface area contributed by atoms with Crippen molar-refractivity contribution in [2.75, 3.05) is 5.32 Å². The van der Waals surface area contributed by atoms with Gasteiger partial charge in [-0.25, -0.2) is 9.59 Å². The Morgan fingerprint density at radius 2 is 1.90 bits per heavy atom. The summed E-state index contributed by atoms with van der Waals surface area (Å²) in [4.78, 5) is 23.3. The summed E-state index contributed by atoms with van der Waals surface area (Å²) >= 11 is 5.48. The number of benzene rings is 2. The number of anilines is 1. The minimum Gasteiger partial charge on any atom is -0.508 e.